The van der Waals surface area contributed by atoms with E-state index >= 15 is 0 Å². The standard InChI is InChI=1S/3CH3O.H3P.Rh/c3*1-2;;/h3*2H,1H2;1H3;. The fourth-order valence-electron chi connectivity index (χ4n) is 0.100. The molecule has 0 aromatic rings. The van der Waals surface area contributed by atoms with Gasteiger partial charge in [0.1, 0.15) is 0 Å². The fourth-order valence-corrected chi connectivity index (χ4v) is 0.592. The molecule has 56 valence electrons. The minimum atomic E-state index is -1.43. The maximum absolute atomic E-state index is 8.26. The number of aliphatic hydroxyl groups is 3. The third-order valence-corrected chi connectivity index (χ3v) is 2.65. The summed E-state index contributed by atoms with van der Waals surface area (Å²) in [6, 6.07) is 0. The normalized spacial score (nSPS) is 10.1. The van der Waals surface area contributed by atoms with Crippen molar-refractivity contribution in [1.29, 1.82) is 0 Å². The van der Waals surface area contributed by atoms with Crippen LogP contribution in [0.1, 0.15) is 0 Å². The molecule has 3 nitrogen and oxygen atoms in total. The summed E-state index contributed by atoms with van der Waals surface area (Å²) in [5.41, 5.74) is 0. The average molecular weight is 230 g/mol. The van der Waals surface area contributed by atoms with Crippen molar-refractivity contribution in [3.63, 3.8) is 0 Å². The van der Waals surface area contributed by atoms with Gasteiger partial charge in [0.2, 0.25) is 0 Å². The van der Waals surface area contributed by atoms with E-state index in [-0.39, 0.29) is 25.5 Å². The van der Waals surface area contributed by atoms with Gasteiger partial charge in [-0.05, 0) is 0 Å². The van der Waals surface area contributed by atoms with E-state index in [0.717, 1.165) is 0 Å². The Morgan fingerprint density at radius 2 is 1.12 bits per heavy atom. The summed E-state index contributed by atoms with van der Waals surface area (Å²) in [7, 11) is 0. The molecular formula is C3H12O3PRh. The van der Waals surface area contributed by atoms with Crippen LogP contribution >= 0.6 is 9.90 Å². The van der Waals surface area contributed by atoms with Crippen molar-refractivity contribution in [1.82, 2.24) is 0 Å². The van der Waals surface area contributed by atoms with Gasteiger partial charge in [-0.3, -0.25) is 0 Å². The Labute approximate surface area is 57.2 Å². The zero-order valence-corrected chi connectivity index (χ0v) is 7.56. The van der Waals surface area contributed by atoms with Crippen molar-refractivity contribution < 1.29 is 31.3 Å². The molecule has 8 heavy (non-hydrogen) atoms. The predicted octanol–water partition coefficient (Wildman–Crippen LogP) is -1.49. The molecule has 1 unspecified atom stereocenters. The van der Waals surface area contributed by atoms with Gasteiger partial charge in [0.15, 0.2) is 0 Å². The molecule has 0 aliphatic rings. The molecule has 0 fully saturated rings. The number of hydrogen-bond acceptors (Lipinski definition) is 3. The summed E-state index contributed by atoms with van der Waals surface area (Å²) < 4.78 is 0. The Bertz CT molecular complexity index is 36.0. The second-order valence-corrected chi connectivity index (χ2v) is 4.83. The van der Waals surface area contributed by atoms with Gasteiger partial charge in [-0.2, -0.15) is 9.90 Å². The number of aliphatic hydroxyl groups excluding tert-OH is 3. The SMILES string of the molecule is O[CH2][Rh]([CH2]O)[CH2]O.P. The second-order valence-electron chi connectivity index (χ2n) is 0.816. The molecule has 0 rings (SSSR count). The topological polar surface area (TPSA) is 60.7 Å². The van der Waals surface area contributed by atoms with E-state index in [1.54, 1.807) is 0 Å². The van der Waals surface area contributed by atoms with Crippen LogP contribution in [0.15, 0.2) is 0 Å². The molecule has 0 aromatic heterocycles. The van der Waals surface area contributed by atoms with Crippen molar-refractivity contribution in [3.8, 4) is 0 Å². The Hall–Kier alpha value is 0.933. The second kappa shape index (κ2) is 7.93. The molecule has 0 aliphatic heterocycles. The first-order chi connectivity index (χ1) is 3.35. The van der Waals surface area contributed by atoms with E-state index in [9.17, 15) is 0 Å². The quantitative estimate of drug-likeness (QED) is 0.409. The van der Waals surface area contributed by atoms with Gasteiger partial charge in [-0.25, -0.2) is 0 Å². The van der Waals surface area contributed by atoms with Gasteiger partial charge >= 0.3 is 46.9 Å². The van der Waals surface area contributed by atoms with Crippen LogP contribution in [0.3, 0.4) is 0 Å². The number of hydrogen-bond donors (Lipinski definition) is 3. The molecule has 5 heteroatoms. The van der Waals surface area contributed by atoms with E-state index in [1.165, 1.54) is 0 Å². The summed E-state index contributed by atoms with van der Waals surface area (Å²) in [6.45, 7) is 0. The largest absolute Gasteiger partial charge is 0.153 e. The third-order valence-electron chi connectivity index (χ3n) is 0.447. The molecule has 0 heterocycles. The van der Waals surface area contributed by atoms with E-state index in [2.05, 4.69) is 0 Å². The Balaban J connectivity index is 0. The zero-order chi connectivity index (χ0) is 5.70. The molecule has 0 aromatic carbocycles. The summed E-state index contributed by atoms with van der Waals surface area (Å²) in [6.07, 6.45) is 0. The summed E-state index contributed by atoms with van der Waals surface area (Å²) in [4.78, 5) is 0. The van der Waals surface area contributed by atoms with Crippen LogP contribution < -0.4 is 0 Å². The van der Waals surface area contributed by atoms with Gasteiger partial charge in [-0.1, -0.05) is 0 Å². The molecule has 0 saturated heterocycles. The smallest absolute Gasteiger partial charge is 0.153 e. The Morgan fingerprint density at radius 3 is 1.12 bits per heavy atom. The van der Waals surface area contributed by atoms with Crippen molar-refractivity contribution in [3.05, 3.63) is 0 Å². The van der Waals surface area contributed by atoms with Crippen LogP contribution in [0.2, 0.25) is 0 Å². The maximum Gasteiger partial charge on any atom is -0.153 e. The molecule has 0 aliphatic carbocycles. The van der Waals surface area contributed by atoms with Crippen LogP contribution in [0.5, 0.6) is 0 Å². The first-order valence-electron chi connectivity index (χ1n) is 1.66. The van der Waals surface area contributed by atoms with Gasteiger partial charge in [0, 0.05) is 0 Å². The van der Waals surface area contributed by atoms with Crippen molar-refractivity contribution >= 4 is 9.90 Å². The first-order valence-corrected chi connectivity index (χ1v) is 5.13. The maximum atomic E-state index is 8.26. The van der Waals surface area contributed by atoms with Crippen molar-refractivity contribution in [2.45, 2.75) is 0 Å². The van der Waals surface area contributed by atoms with Crippen LogP contribution in [-0.4, -0.2) is 30.9 Å². The average Bonchev–Trinajstić information content (AvgIpc) is 1.72. The molecular weight excluding hydrogens is 218 g/mol. The molecule has 0 spiro atoms. The van der Waals surface area contributed by atoms with E-state index in [4.69, 9.17) is 15.3 Å². The molecule has 1 atom stereocenters. The predicted molar refractivity (Wildman–Crippen MR) is 32.4 cm³/mol. The molecule has 3 N–H and O–H groups in total. The van der Waals surface area contributed by atoms with Crippen molar-refractivity contribution in [2.24, 2.45) is 0 Å². The van der Waals surface area contributed by atoms with E-state index in [0.29, 0.717) is 0 Å². The third kappa shape index (κ3) is 5.08. The first kappa shape index (κ1) is 11.7. The van der Waals surface area contributed by atoms with Crippen LogP contribution in [0.4, 0.5) is 0 Å². The van der Waals surface area contributed by atoms with Gasteiger partial charge in [0.05, 0.1) is 0 Å². The van der Waals surface area contributed by atoms with Gasteiger partial charge in [-0.15, -0.1) is 0 Å². The summed E-state index contributed by atoms with van der Waals surface area (Å²) in [5.74, 6) is 0. The summed E-state index contributed by atoms with van der Waals surface area (Å²) in [5, 5.41) is 24.7. The Morgan fingerprint density at radius 1 is 0.875 bits per heavy atom. The Kier molecular flexibility index (Phi) is 11.6. The molecule has 0 radical (unpaired) electrons. The molecule has 0 bridgehead atoms. The number of rotatable bonds is 3. The molecule has 0 saturated carbocycles. The van der Waals surface area contributed by atoms with Crippen LogP contribution in [-0.2, 0) is 16.0 Å². The zero-order valence-electron chi connectivity index (χ0n) is 4.50. The van der Waals surface area contributed by atoms with Gasteiger partial charge < -0.3 is 0 Å². The van der Waals surface area contributed by atoms with Crippen LogP contribution in [0, 0.1) is 0 Å². The van der Waals surface area contributed by atoms with Crippen molar-refractivity contribution in [2.75, 3.05) is 15.6 Å². The fraction of sp³-hybridized carbons (Fsp3) is 1.00. The van der Waals surface area contributed by atoms with Gasteiger partial charge in [0.25, 0.3) is 0 Å². The minimum absolute atomic E-state index is 0. The van der Waals surface area contributed by atoms with Crippen LogP contribution in [0.25, 0.3) is 0 Å². The molecule has 0 amide bonds. The summed E-state index contributed by atoms with van der Waals surface area (Å²) >= 11 is -1.43. The van der Waals surface area contributed by atoms with E-state index in [1.807, 2.05) is 0 Å². The monoisotopic (exact) mass is 230 g/mol. The minimum Gasteiger partial charge on any atom is -0.153 e. The van der Waals surface area contributed by atoms with E-state index < -0.39 is 16.0 Å².